The van der Waals surface area contributed by atoms with E-state index in [1.807, 2.05) is 12.1 Å². The van der Waals surface area contributed by atoms with E-state index >= 15 is 0 Å². The fourth-order valence-corrected chi connectivity index (χ4v) is 2.96. The third-order valence-corrected chi connectivity index (χ3v) is 4.54. The van der Waals surface area contributed by atoms with Gasteiger partial charge in [0.25, 0.3) is 0 Å². The number of hydrogen-bond donors (Lipinski definition) is 1. The lowest BCUT2D eigenvalue weighted by molar-refractivity contribution is -0.117. The summed E-state index contributed by atoms with van der Waals surface area (Å²) in [6.45, 7) is 0. The van der Waals surface area contributed by atoms with Gasteiger partial charge in [0, 0.05) is 5.92 Å². The quantitative estimate of drug-likeness (QED) is 0.942. The van der Waals surface area contributed by atoms with Gasteiger partial charge in [-0.15, -0.1) is 10.2 Å². The fraction of sp³-hybridized carbons (Fsp3) is 0.250. The van der Waals surface area contributed by atoms with Crippen LogP contribution in [0.4, 0.5) is 5.13 Å². The highest BCUT2D eigenvalue weighted by atomic mass is 35.5. The number of aromatic nitrogens is 2. The Morgan fingerprint density at radius 3 is 3.00 bits per heavy atom. The Hall–Kier alpha value is -1.17. The first-order valence-electron chi connectivity index (χ1n) is 5.67. The molecular formula is C12H9Cl2N3OS. The minimum absolute atomic E-state index is 0.0437. The second-order valence-corrected chi connectivity index (χ2v) is 5.94. The molecule has 1 amide bonds. The molecule has 3 rings (SSSR count). The normalized spacial score (nSPS) is 21.2. The Bertz CT molecular complexity index is 617. The largest absolute Gasteiger partial charge is 0.300 e. The van der Waals surface area contributed by atoms with E-state index < -0.39 is 0 Å². The van der Waals surface area contributed by atoms with Gasteiger partial charge in [-0.25, -0.2) is 0 Å². The summed E-state index contributed by atoms with van der Waals surface area (Å²) >= 11 is 13.4. The maximum atomic E-state index is 12.0. The van der Waals surface area contributed by atoms with E-state index in [1.54, 1.807) is 11.6 Å². The lowest BCUT2D eigenvalue weighted by Gasteiger charge is -2.05. The average Bonchev–Trinajstić information content (AvgIpc) is 3.03. The van der Waals surface area contributed by atoms with Crippen LogP contribution in [0.1, 0.15) is 17.9 Å². The molecule has 0 aliphatic heterocycles. The SMILES string of the molecule is O=C(Nc1nncs1)C1CC1c1cccc(Cl)c1Cl. The maximum Gasteiger partial charge on any atom is 0.229 e. The highest BCUT2D eigenvalue weighted by Gasteiger charge is 2.45. The van der Waals surface area contributed by atoms with Gasteiger partial charge in [-0.3, -0.25) is 4.79 Å². The number of nitrogens with zero attached hydrogens (tertiary/aromatic N) is 2. The number of anilines is 1. The molecule has 1 fully saturated rings. The first-order valence-corrected chi connectivity index (χ1v) is 7.31. The van der Waals surface area contributed by atoms with E-state index in [4.69, 9.17) is 23.2 Å². The standard InChI is InChI=1S/C12H9Cl2N3OS/c13-9-3-1-2-6(10(9)14)7-4-8(7)11(18)16-12-17-15-5-19-12/h1-3,5,7-8H,4H2,(H,16,17,18). The zero-order valence-corrected chi connectivity index (χ0v) is 12.0. The summed E-state index contributed by atoms with van der Waals surface area (Å²) in [6, 6.07) is 5.50. The first-order chi connectivity index (χ1) is 9.16. The zero-order valence-electron chi connectivity index (χ0n) is 9.64. The summed E-state index contributed by atoms with van der Waals surface area (Å²) in [5, 5.41) is 11.8. The van der Waals surface area contributed by atoms with Gasteiger partial charge in [-0.05, 0) is 24.0 Å². The van der Waals surface area contributed by atoms with E-state index in [0.29, 0.717) is 15.2 Å². The Balaban J connectivity index is 1.70. The van der Waals surface area contributed by atoms with Crippen LogP contribution in [0, 0.1) is 5.92 Å². The third kappa shape index (κ3) is 2.59. The molecule has 19 heavy (non-hydrogen) atoms. The van der Waals surface area contributed by atoms with Crippen LogP contribution in [0.2, 0.25) is 10.0 Å². The van der Waals surface area contributed by atoms with Crippen molar-refractivity contribution in [2.45, 2.75) is 12.3 Å². The van der Waals surface area contributed by atoms with E-state index in [1.165, 1.54) is 11.3 Å². The molecular weight excluding hydrogens is 305 g/mol. The van der Waals surface area contributed by atoms with Gasteiger partial charge in [0.15, 0.2) is 0 Å². The van der Waals surface area contributed by atoms with Crippen molar-refractivity contribution < 1.29 is 4.79 Å². The Kier molecular flexibility index (Phi) is 3.43. The highest BCUT2D eigenvalue weighted by Crippen LogP contribution is 2.51. The smallest absolute Gasteiger partial charge is 0.229 e. The van der Waals surface area contributed by atoms with E-state index in [0.717, 1.165) is 12.0 Å². The van der Waals surface area contributed by atoms with Crippen molar-refractivity contribution >= 4 is 45.6 Å². The summed E-state index contributed by atoms with van der Waals surface area (Å²) in [4.78, 5) is 12.0. The van der Waals surface area contributed by atoms with Crippen LogP contribution in [0.3, 0.4) is 0 Å². The Morgan fingerprint density at radius 1 is 1.42 bits per heavy atom. The van der Waals surface area contributed by atoms with Crippen molar-refractivity contribution in [3.05, 3.63) is 39.3 Å². The first kappa shape index (κ1) is 12.8. The predicted octanol–water partition coefficient (Wildman–Crippen LogP) is 3.59. The molecule has 1 heterocycles. The lowest BCUT2D eigenvalue weighted by Crippen LogP contribution is -2.14. The van der Waals surface area contributed by atoms with Gasteiger partial charge in [0.05, 0.1) is 10.0 Å². The van der Waals surface area contributed by atoms with Crippen molar-refractivity contribution in [1.29, 1.82) is 0 Å². The molecule has 0 radical (unpaired) electrons. The van der Waals surface area contributed by atoms with Crippen molar-refractivity contribution in [3.63, 3.8) is 0 Å². The average molecular weight is 314 g/mol. The molecule has 1 N–H and O–H groups in total. The lowest BCUT2D eigenvalue weighted by atomic mass is 10.1. The number of benzene rings is 1. The van der Waals surface area contributed by atoms with Crippen LogP contribution in [0.5, 0.6) is 0 Å². The van der Waals surface area contributed by atoms with Crippen LogP contribution in [-0.4, -0.2) is 16.1 Å². The van der Waals surface area contributed by atoms with E-state index in [2.05, 4.69) is 15.5 Å². The minimum Gasteiger partial charge on any atom is -0.300 e. The van der Waals surface area contributed by atoms with Gasteiger partial charge < -0.3 is 5.32 Å². The van der Waals surface area contributed by atoms with Gasteiger partial charge in [0.2, 0.25) is 11.0 Å². The monoisotopic (exact) mass is 313 g/mol. The molecule has 0 bridgehead atoms. The summed E-state index contributed by atoms with van der Waals surface area (Å²) in [6.07, 6.45) is 0.782. The van der Waals surface area contributed by atoms with E-state index in [9.17, 15) is 4.79 Å². The summed E-state index contributed by atoms with van der Waals surface area (Å²) in [5.74, 6) is 0.0248. The molecule has 7 heteroatoms. The molecule has 2 atom stereocenters. The highest BCUT2D eigenvalue weighted by molar-refractivity contribution is 7.13. The summed E-state index contributed by atoms with van der Waals surface area (Å²) in [7, 11) is 0. The Morgan fingerprint density at radius 2 is 2.26 bits per heavy atom. The molecule has 1 aliphatic carbocycles. The van der Waals surface area contributed by atoms with Crippen molar-refractivity contribution in [3.8, 4) is 0 Å². The summed E-state index contributed by atoms with van der Waals surface area (Å²) < 4.78 is 0. The van der Waals surface area contributed by atoms with Gasteiger partial charge in [-0.2, -0.15) is 0 Å². The van der Waals surface area contributed by atoms with Crippen LogP contribution in [0.15, 0.2) is 23.7 Å². The number of amides is 1. The van der Waals surface area contributed by atoms with Crippen LogP contribution in [0.25, 0.3) is 0 Å². The molecule has 1 aliphatic rings. The number of halogens is 2. The second-order valence-electron chi connectivity index (χ2n) is 4.32. The number of hydrogen-bond acceptors (Lipinski definition) is 4. The van der Waals surface area contributed by atoms with Gasteiger partial charge in [0.1, 0.15) is 5.51 Å². The molecule has 0 saturated heterocycles. The molecule has 98 valence electrons. The molecule has 1 aromatic heterocycles. The molecule has 2 aromatic rings. The Labute approximate surface area is 123 Å². The number of carbonyl (C=O) groups is 1. The van der Waals surface area contributed by atoms with Crippen molar-refractivity contribution in [2.24, 2.45) is 5.92 Å². The molecule has 0 spiro atoms. The fourth-order valence-electron chi connectivity index (χ4n) is 2.06. The molecule has 1 aromatic carbocycles. The van der Waals surface area contributed by atoms with Gasteiger partial charge >= 0.3 is 0 Å². The van der Waals surface area contributed by atoms with Crippen LogP contribution < -0.4 is 5.32 Å². The zero-order chi connectivity index (χ0) is 13.4. The number of carbonyl (C=O) groups excluding carboxylic acids is 1. The maximum absolute atomic E-state index is 12.0. The number of rotatable bonds is 3. The van der Waals surface area contributed by atoms with Gasteiger partial charge in [-0.1, -0.05) is 46.7 Å². The molecule has 1 saturated carbocycles. The molecule has 4 nitrogen and oxygen atoms in total. The van der Waals surface area contributed by atoms with E-state index in [-0.39, 0.29) is 17.7 Å². The minimum atomic E-state index is -0.0696. The molecule has 2 unspecified atom stereocenters. The van der Waals surface area contributed by atoms with Crippen molar-refractivity contribution in [1.82, 2.24) is 10.2 Å². The second kappa shape index (κ2) is 5.07. The third-order valence-electron chi connectivity index (χ3n) is 3.10. The van der Waals surface area contributed by atoms with Crippen LogP contribution in [-0.2, 0) is 4.79 Å². The predicted molar refractivity (Wildman–Crippen MR) is 75.8 cm³/mol. The number of nitrogens with one attached hydrogen (secondary N) is 1. The summed E-state index contributed by atoms with van der Waals surface area (Å²) in [5.41, 5.74) is 2.51. The van der Waals surface area contributed by atoms with Crippen LogP contribution >= 0.6 is 34.5 Å². The van der Waals surface area contributed by atoms with Crippen molar-refractivity contribution in [2.75, 3.05) is 5.32 Å². The topological polar surface area (TPSA) is 54.9 Å².